The van der Waals surface area contributed by atoms with Gasteiger partial charge in [-0.25, -0.2) is 0 Å². The molecule has 4 heteroatoms. The van der Waals surface area contributed by atoms with Crippen LogP contribution >= 0.6 is 0 Å². The van der Waals surface area contributed by atoms with Crippen LogP contribution in [0.5, 0.6) is 11.5 Å². The first-order chi connectivity index (χ1) is 12.2. The molecule has 4 nitrogen and oxygen atoms in total. The molecule has 0 aromatic heterocycles. The number of hydrogen-bond acceptors (Lipinski definition) is 4. The molecule has 1 saturated heterocycles. The number of hydrogen-bond donors (Lipinski definition) is 0. The maximum atomic E-state index is 5.90. The molecule has 2 atom stereocenters. The minimum Gasteiger partial charge on any atom is -0.490 e. The summed E-state index contributed by atoms with van der Waals surface area (Å²) in [5.74, 6) is 1.68. The Morgan fingerprint density at radius 2 is 1.52 bits per heavy atom. The van der Waals surface area contributed by atoms with Gasteiger partial charge in [0.15, 0.2) is 6.29 Å². The molecule has 1 fully saturated rings. The highest BCUT2D eigenvalue weighted by atomic mass is 16.7. The third-order valence-electron chi connectivity index (χ3n) is 4.15. The fourth-order valence-electron chi connectivity index (χ4n) is 2.77. The van der Waals surface area contributed by atoms with E-state index in [1.165, 1.54) is 5.56 Å². The zero-order valence-corrected chi connectivity index (χ0v) is 14.9. The average molecular weight is 342 g/mol. The van der Waals surface area contributed by atoms with Gasteiger partial charge in [-0.1, -0.05) is 43.2 Å². The molecule has 1 aliphatic heterocycles. The van der Waals surface area contributed by atoms with Crippen LogP contribution in [0.4, 0.5) is 0 Å². The molecule has 0 spiro atoms. The lowest BCUT2D eigenvalue weighted by molar-refractivity contribution is -0.0611. The molecule has 2 aromatic carbocycles. The summed E-state index contributed by atoms with van der Waals surface area (Å²) in [5.41, 5.74) is 2.25. The van der Waals surface area contributed by atoms with Crippen molar-refractivity contribution < 1.29 is 18.9 Å². The molecule has 25 heavy (non-hydrogen) atoms. The van der Waals surface area contributed by atoms with Gasteiger partial charge in [0, 0.05) is 5.56 Å². The van der Waals surface area contributed by atoms with E-state index in [1.807, 2.05) is 48.5 Å². The van der Waals surface area contributed by atoms with Gasteiger partial charge in [0.25, 0.3) is 0 Å². The molecular formula is C21H26O4. The van der Waals surface area contributed by atoms with Gasteiger partial charge in [0.05, 0.1) is 12.7 Å². The summed E-state index contributed by atoms with van der Waals surface area (Å²) in [6.07, 6.45) is 2.11. The van der Waals surface area contributed by atoms with Crippen LogP contribution in [0.25, 0.3) is 0 Å². The molecule has 2 unspecified atom stereocenters. The molecule has 3 rings (SSSR count). The number of benzene rings is 2. The van der Waals surface area contributed by atoms with Crippen molar-refractivity contribution >= 4 is 0 Å². The lowest BCUT2D eigenvalue weighted by atomic mass is 10.2. The zero-order chi connectivity index (χ0) is 17.5. The van der Waals surface area contributed by atoms with Crippen LogP contribution in [-0.4, -0.2) is 25.9 Å². The SMILES string of the molecule is CCCC1COC(c2ccc(OCCOc3ccc(C)cc3)cc2)O1. The minimum absolute atomic E-state index is 0.213. The smallest absolute Gasteiger partial charge is 0.184 e. The van der Waals surface area contributed by atoms with Crippen LogP contribution in [0.15, 0.2) is 48.5 Å². The monoisotopic (exact) mass is 342 g/mol. The standard InChI is InChI=1S/C21H26O4/c1-3-4-20-15-24-21(25-20)17-7-11-19(12-8-17)23-14-13-22-18-9-5-16(2)6-10-18/h5-12,20-21H,3-4,13-15H2,1-2H3. The number of ether oxygens (including phenoxy) is 4. The van der Waals surface area contributed by atoms with E-state index in [4.69, 9.17) is 18.9 Å². The maximum Gasteiger partial charge on any atom is 0.184 e. The van der Waals surface area contributed by atoms with Crippen molar-refractivity contribution in [2.45, 2.75) is 39.1 Å². The van der Waals surface area contributed by atoms with Crippen molar-refractivity contribution in [3.8, 4) is 11.5 Å². The van der Waals surface area contributed by atoms with Crippen LogP contribution in [0.3, 0.4) is 0 Å². The topological polar surface area (TPSA) is 36.9 Å². The molecule has 0 radical (unpaired) electrons. The van der Waals surface area contributed by atoms with Crippen molar-refractivity contribution in [2.24, 2.45) is 0 Å². The van der Waals surface area contributed by atoms with Crippen molar-refractivity contribution in [3.05, 3.63) is 59.7 Å². The van der Waals surface area contributed by atoms with E-state index in [9.17, 15) is 0 Å². The largest absolute Gasteiger partial charge is 0.490 e. The molecule has 0 bridgehead atoms. The van der Waals surface area contributed by atoms with E-state index in [1.54, 1.807) is 0 Å². The second kappa shape index (κ2) is 8.88. The molecule has 2 aromatic rings. The Balaban J connectivity index is 1.41. The first kappa shape index (κ1) is 17.8. The predicted molar refractivity (Wildman–Crippen MR) is 97.1 cm³/mol. The first-order valence-corrected chi connectivity index (χ1v) is 8.94. The Kier molecular flexibility index (Phi) is 6.31. The Labute approximate surface area is 149 Å². The third kappa shape index (κ3) is 5.21. The van der Waals surface area contributed by atoms with Gasteiger partial charge in [-0.2, -0.15) is 0 Å². The number of aryl methyl sites for hydroxylation is 1. The van der Waals surface area contributed by atoms with E-state index in [2.05, 4.69) is 13.8 Å². The quantitative estimate of drug-likeness (QED) is 0.654. The molecule has 0 aliphatic carbocycles. The number of rotatable bonds is 8. The van der Waals surface area contributed by atoms with E-state index in [0.29, 0.717) is 19.8 Å². The molecule has 0 amide bonds. The van der Waals surface area contributed by atoms with Gasteiger partial charge < -0.3 is 18.9 Å². The maximum absolute atomic E-state index is 5.90. The van der Waals surface area contributed by atoms with Gasteiger partial charge in [-0.05, 0) is 37.6 Å². The summed E-state index contributed by atoms with van der Waals surface area (Å²) >= 11 is 0. The lowest BCUT2D eigenvalue weighted by Crippen LogP contribution is -2.09. The molecule has 0 N–H and O–H groups in total. The summed E-state index contributed by atoms with van der Waals surface area (Å²) in [5, 5.41) is 0. The van der Waals surface area contributed by atoms with Gasteiger partial charge in [0.1, 0.15) is 24.7 Å². The fraction of sp³-hybridized carbons (Fsp3) is 0.429. The summed E-state index contributed by atoms with van der Waals surface area (Å²) in [7, 11) is 0. The highest BCUT2D eigenvalue weighted by molar-refractivity contribution is 5.28. The third-order valence-corrected chi connectivity index (χ3v) is 4.15. The van der Waals surface area contributed by atoms with Crippen LogP contribution in [0.2, 0.25) is 0 Å². The minimum atomic E-state index is -0.254. The predicted octanol–water partition coefficient (Wildman–Crippen LogP) is 4.67. The Morgan fingerprint density at radius 1 is 0.920 bits per heavy atom. The van der Waals surface area contributed by atoms with E-state index < -0.39 is 0 Å². The second-order valence-electron chi connectivity index (χ2n) is 6.29. The summed E-state index contributed by atoms with van der Waals surface area (Å²) in [4.78, 5) is 0. The van der Waals surface area contributed by atoms with Crippen LogP contribution in [-0.2, 0) is 9.47 Å². The highest BCUT2D eigenvalue weighted by Gasteiger charge is 2.26. The molecule has 1 heterocycles. The normalized spacial score (nSPS) is 19.8. The van der Waals surface area contributed by atoms with Gasteiger partial charge >= 0.3 is 0 Å². The van der Waals surface area contributed by atoms with E-state index in [-0.39, 0.29) is 12.4 Å². The fourth-order valence-corrected chi connectivity index (χ4v) is 2.77. The van der Waals surface area contributed by atoms with Crippen LogP contribution < -0.4 is 9.47 Å². The summed E-state index contributed by atoms with van der Waals surface area (Å²) in [6.45, 7) is 5.90. The van der Waals surface area contributed by atoms with Crippen molar-refractivity contribution in [1.29, 1.82) is 0 Å². The van der Waals surface area contributed by atoms with Crippen molar-refractivity contribution in [3.63, 3.8) is 0 Å². The van der Waals surface area contributed by atoms with Crippen LogP contribution in [0.1, 0.15) is 37.2 Å². The Hall–Kier alpha value is -2.04. The molecule has 134 valence electrons. The molecule has 1 aliphatic rings. The first-order valence-electron chi connectivity index (χ1n) is 8.94. The van der Waals surface area contributed by atoms with Gasteiger partial charge in [-0.15, -0.1) is 0 Å². The summed E-state index contributed by atoms with van der Waals surface area (Å²) < 4.78 is 23.0. The van der Waals surface area contributed by atoms with Gasteiger partial charge in [-0.3, -0.25) is 0 Å². The van der Waals surface area contributed by atoms with Crippen molar-refractivity contribution in [1.82, 2.24) is 0 Å². The lowest BCUT2D eigenvalue weighted by Gasteiger charge is -2.12. The Morgan fingerprint density at radius 3 is 2.12 bits per heavy atom. The molecule has 0 saturated carbocycles. The van der Waals surface area contributed by atoms with E-state index >= 15 is 0 Å². The molecular weight excluding hydrogens is 316 g/mol. The zero-order valence-electron chi connectivity index (χ0n) is 14.9. The second-order valence-corrected chi connectivity index (χ2v) is 6.29. The van der Waals surface area contributed by atoms with Gasteiger partial charge in [0.2, 0.25) is 0 Å². The Bertz CT molecular complexity index is 636. The van der Waals surface area contributed by atoms with E-state index in [0.717, 1.165) is 29.9 Å². The van der Waals surface area contributed by atoms with Crippen molar-refractivity contribution in [2.75, 3.05) is 19.8 Å². The van der Waals surface area contributed by atoms with Crippen LogP contribution in [0, 0.1) is 6.92 Å². The summed E-state index contributed by atoms with van der Waals surface area (Å²) in [6, 6.07) is 15.9. The highest BCUT2D eigenvalue weighted by Crippen LogP contribution is 2.29. The average Bonchev–Trinajstić information content (AvgIpc) is 3.10.